The molecule has 144 valence electrons. The number of carbonyl (C=O) groups is 2. The Labute approximate surface area is 156 Å². The molecule has 0 unspecified atom stereocenters. The van der Waals surface area contributed by atoms with E-state index in [1.54, 1.807) is 0 Å². The molecule has 6 nitrogen and oxygen atoms in total. The molecule has 1 aromatic carbocycles. The second-order valence-electron chi connectivity index (χ2n) is 7.07. The second kappa shape index (κ2) is 10.3. The second-order valence-corrected chi connectivity index (χ2v) is 7.07. The van der Waals surface area contributed by atoms with Gasteiger partial charge in [-0.3, -0.25) is 19.4 Å². The number of aryl methyl sites for hydroxylation is 2. The highest BCUT2D eigenvalue weighted by atomic mass is 16.2. The van der Waals surface area contributed by atoms with Crippen LogP contribution in [0.2, 0.25) is 0 Å². The van der Waals surface area contributed by atoms with Crippen LogP contribution in [0.4, 0.5) is 5.69 Å². The molecular formula is C20H32N4O2. The quantitative estimate of drug-likeness (QED) is 0.694. The number of rotatable bonds is 8. The molecule has 1 heterocycles. The molecule has 0 radical (unpaired) electrons. The Bertz CT molecular complexity index is 590. The van der Waals surface area contributed by atoms with Crippen molar-refractivity contribution < 1.29 is 9.59 Å². The van der Waals surface area contributed by atoms with Crippen LogP contribution in [-0.4, -0.2) is 67.4 Å². The molecule has 1 aliphatic heterocycles. The number of nitrogens with zero attached hydrogens (tertiary/aromatic N) is 2. The smallest absolute Gasteiger partial charge is 0.238 e. The molecule has 2 N–H and O–H groups in total. The van der Waals surface area contributed by atoms with E-state index in [9.17, 15) is 9.59 Å². The summed E-state index contributed by atoms with van der Waals surface area (Å²) >= 11 is 0. The Hall–Kier alpha value is -1.92. The molecule has 6 heteroatoms. The summed E-state index contributed by atoms with van der Waals surface area (Å²) in [6, 6.07) is 6.01. The Morgan fingerprint density at radius 3 is 2.04 bits per heavy atom. The minimum atomic E-state index is 0.0214. The van der Waals surface area contributed by atoms with Gasteiger partial charge in [-0.05, 0) is 31.4 Å². The van der Waals surface area contributed by atoms with Gasteiger partial charge in [0.05, 0.1) is 13.1 Å². The number of benzene rings is 1. The highest BCUT2D eigenvalue weighted by Gasteiger charge is 2.20. The topological polar surface area (TPSA) is 64.7 Å². The van der Waals surface area contributed by atoms with Gasteiger partial charge in [0.15, 0.2) is 0 Å². The van der Waals surface area contributed by atoms with Gasteiger partial charge < -0.3 is 10.6 Å². The number of unbranched alkanes of at least 4 members (excludes halogenated alkanes) is 1. The van der Waals surface area contributed by atoms with Gasteiger partial charge in [0.25, 0.3) is 0 Å². The van der Waals surface area contributed by atoms with E-state index < -0.39 is 0 Å². The van der Waals surface area contributed by atoms with Crippen molar-refractivity contribution in [2.75, 3.05) is 51.1 Å². The predicted molar refractivity (Wildman–Crippen MR) is 105 cm³/mol. The number of piperazine rings is 1. The highest BCUT2D eigenvalue weighted by Crippen LogP contribution is 2.19. The van der Waals surface area contributed by atoms with E-state index in [1.165, 1.54) is 0 Å². The van der Waals surface area contributed by atoms with Crippen LogP contribution < -0.4 is 10.6 Å². The molecule has 1 aromatic rings. The zero-order valence-electron chi connectivity index (χ0n) is 16.3. The molecule has 1 aliphatic rings. The third-order valence-corrected chi connectivity index (χ3v) is 4.80. The summed E-state index contributed by atoms with van der Waals surface area (Å²) in [7, 11) is 0. The van der Waals surface area contributed by atoms with Gasteiger partial charge in [0, 0.05) is 38.4 Å². The van der Waals surface area contributed by atoms with E-state index in [4.69, 9.17) is 0 Å². The van der Waals surface area contributed by atoms with Crippen molar-refractivity contribution in [1.82, 2.24) is 15.1 Å². The van der Waals surface area contributed by atoms with Gasteiger partial charge in [-0.15, -0.1) is 0 Å². The van der Waals surface area contributed by atoms with Crippen molar-refractivity contribution in [3.63, 3.8) is 0 Å². The number of amides is 2. The minimum Gasteiger partial charge on any atom is -0.355 e. The van der Waals surface area contributed by atoms with Crippen molar-refractivity contribution in [1.29, 1.82) is 0 Å². The first-order chi connectivity index (χ1) is 12.5. The van der Waals surface area contributed by atoms with Gasteiger partial charge in [0.2, 0.25) is 11.8 Å². The van der Waals surface area contributed by atoms with Gasteiger partial charge in [0.1, 0.15) is 0 Å². The Kier molecular flexibility index (Phi) is 8.06. The first-order valence-corrected chi connectivity index (χ1v) is 9.57. The number of carbonyl (C=O) groups excluding carboxylic acids is 2. The number of para-hydroxylation sites is 1. The molecule has 0 atom stereocenters. The lowest BCUT2D eigenvalue weighted by atomic mass is 10.1. The van der Waals surface area contributed by atoms with Gasteiger partial charge in [-0.25, -0.2) is 0 Å². The largest absolute Gasteiger partial charge is 0.355 e. The fraction of sp³-hybridized carbons (Fsp3) is 0.600. The first-order valence-electron chi connectivity index (χ1n) is 9.57. The van der Waals surface area contributed by atoms with E-state index in [2.05, 4.69) is 27.4 Å². The van der Waals surface area contributed by atoms with E-state index in [1.807, 2.05) is 32.0 Å². The van der Waals surface area contributed by atoms with Crippen LogP contribution in [0, 0.1) is 13.8 Å². The van der Waals surface area contributed by atoms with Crippen LogP contribution in [0.25, 0.3) is 0 Å². The molecule has 1 fully saturated rings. The monoisotopic (exact) mass is 360 g/mol. The molecule has 0 aliphatic carbocycles. The lowest BCUT2D eigenvalue weighted by molar-refractivity contribution is -0.123. The van der Waals surface area contributed by atoms with Gasteiger partial charge in [-0.2, -0.15) is 0 Å². The van der Waals surface area contributed by atoms with Crippen molar-refractivity contribution in [2.24, 2.45) is 0 Å². The zero-order chi connectivity index (χ0) is 18.9. The summed E-state index contributed by atoms with van der Waals surface area (Å²) in [5, 5.41) is 5.99. The fourth-order valence-electron chi connectivity index (χ4n) is 3.16. The maximum absolute atomic E-state index is 12.4. The number of hydrogen-bond donors (Lipinski definition) is 2. The Balaban J connectivity index is 1.71. The van der Waals surface area contributed by atoms with Crippen LogP contribution in [0.15, 0.2) is 18.2 Å². The van der Waals surface area contributed by atoms with Gasteiger partial charge >= 0.3 is 0 Å². The van der Waals surface area contributed by atoms with E-state index >= 15 is 0 Å². The summed E-state index contributed by atoms with van der Waals surface area (Å²) in [6.45, 7) is 11.0. The van der Waals surface area contributed by atoms with Crippen molar-refractivity contribution in [3.8, 4) is 0 Å². The third-order valence-electron chi connectivity index (χ3n) is 4.80. The summed E-state index contributed by atoms with van der Waals surface area (Å²) in [5.74, 6) is 0.118. The van der Waals surface area contributed by atoms with Gasteiger partial charge in [-0.1, -0.05) is 31.5 Å². The van der Waals surface area contributed by atoms with Crippen molar-refractivity contribution >= 4 is 17.5 Å². The fourth-order valence-corrected chi connectivity index (χ4v) is 3.16. The summed E-state index contributed by atoms with van der Waals surface area (Å²) in [6.07, 6.45) is 2.11. The normalized spacial score (nSPS) is 15.7. The Morgan fingerprint density at radius 1 is 0.962 bits per heavy atom. The first kappa shape index (κ1) is 20.4. The standard InChI is InChI=1S/C20H32N4O2/c1-4-5-9-21-18(25)14-23-10-12-24(13-11-23)15-19(26)22-20-16(2)7-6-8-17(20)3/h6-8H,4-5,9-15H2,1-3H3,(H,21,25)(H,22,26). The lowest BCUT2D eigenvalue weighted by Gasteiger charge is -2.33. The predicted octanol–water partition coefficient (Wildman–Crippen LogP) is 1.78. The minimum absolute atomic E-state index is 0.0214. The molecule has 26 heavy (non-hydrogen) atoms. The summed E-state index contributed by atoms with van der Waals surface area (Å²) < 4.78 is 0. The Morgan fingerprint density at radius 2 is 1.50 bits per heavy atom. The number of anilines is 1. The molecule has 0 saturated carbocycles. The molecule has 1 saturated heterocycles. The van der Waals surface area contributed by atoms with Crippen molar-refractivity contribution in [2.45, 2.75) is 33.6 Å². The molecule has 2 rings (SSSR count). The molecule has 0 spiro atoms. The summed E-state index contributed by atoms with van der Waals surface area (Å²) in [4.78, 5) is 28.5. The average Bonchev–Trinajstić information content (AvgIpc) is 2.60. The van der Waals surface area contributed by atoms with Crippen LogP contribution in [-0.2, 0) is 9.59 Å². The van der Waals surface area contributed by atoms with Crippen LogP contribution >= 0.6 is 0 Å². The lowest BCUT2D eigenvalue weighted by Crippen LogP contribution is -2.51. The van der Waals surface area contributed by atoms with Crippen LogP contribution in [0.5, 0.6) is 0 Å². The number of hydrogen-bond acceptors (Lipinski definition) is 4. The van der Waals surface area contributed by atoms with E-state index in [-0.39, 0.29) is 11.8 Å². The van der Waals surface area contributed by atoms with Crippen LogP contribution in [0.3, 0.4) is 0 Å². The molecule has 0 bridgehead atoms. The molecular weight excluding hydrogens is 328 g/mol. The summed E-state index contributed by atoms with van der Waals surface area (Å²) in [5.41, 5.74) is 3.08. The maximum atomic E-state index is 12.4. The van der Waals surface area contributed by atoms with E-state index in [0.29, 0.717) is 13.1 Å². The third kappa shape index (κ3) is 6.42. The van der Waals surface area contributed by atoms with E-state index in [0.717, 1.165) is 62.4 Å². The number of nitrogens with one attached hydrogen (secondary N) is 2. The van der Waals surface area contributed by atoms with Crippen molar-refractivity contribution in [3.05, 3.63) is 29.3 Å². The zero-order valence-corrected chi connectivity index (χ0v) is 16.3. The molecule has 2 amide bonds. The molecule has 0 aromatic heterocycles. The SMILES string of the molecule is CCCCNC(=O)CN1CCN(CC(=O)Nc2c(C)cccc2C)CC1. The maximum Gasteiger partial charge on any atom is 0.238 e. The average molecular weight is 361 g/mol. The van der Waals surface area contributed by atoms with Crippen LogP contribution in [0.1, 0.15) is 30.9 Å². The highest BCUT2D eigenvalue weighted by molar-refractivity contribution is 5.93.